The number of aryl methyl sites for hydroxylation is 1. The number of hydrogen-bond donors (Lipinski definition) is 2. The predicted molar refractivity (Wildman–Crippen MR) is 100 cm³/mol. The number of fused-ring (bicyclic) bond motifs is 2. The van der Waals surface area contributed by atoms with E-state index in [1.165, 1.54) is 0 Å². The first kappa shape index (κ1) is 16.8. The van der Waals surface area contributed by atoms with E-state index in [2.05, 4.69) is 23.6 Å². The summed E-state index contributed by atoms with van der Waals surface area (Å²) >= 11 is 6.70. The van der Waals surface area contributed by atoms with Crippen molar-refractivity contribution in [2.45, 2.75) is 18.7 Å². The lowest BCUT2D eigenvalue weighted by atomic mass is 9.94. The number of benzene rings is 2. The van der Waals surface area contributed by atoms with Gasteiger partial charge in [0.25, 0.3) is 0 Å². The van der Waals surface area contributed by atoms with Crippen LogP contribution in [-0.4, -0.2) is 31.4 Å². The SMILES string of the molecule is Cc1cccc2c1Nc1c(NC(=O)CCN(C)C)cccc1C2Cl. The van der Waals surface area contributed by atoms with Gasteiger partial charge >= 0.3 is 0 Å². The lowest BCUT2D eigenvalue weighted by Gasteiger charge is -2.28. The van der Waals surface area contributed by atoms with E-state index in [0.29, 0.717) is 13.0 Å². The van der Waals surface area contributed by atoms with Crippen LogP contribution in [0, 0.1) is 6.92 Å². The van der Waals surface area contributed by atoms with Crippen molar-refractivity contribution in [3.8, 4) is 0 Å². The molecule has 1 atom stereocenters. The minimum atomic E-state index is -0.227. The highest BCUT2D eigenvalue weighted by atomic mass is 35.5. The molecule has 126 valence electrons. The van der Waals surface area contributed by atoms with Crippen LogP contribution in [0.1, 0.15) is 28.5 Å². The number of carbonyl (C=O) groups excluding carboxylic acids is 1. The number of amides is 1. The molecule has 2 aromatic carbocycles. The second kappa shape index (κ2) is 6.83. The van der Waals surface area contributed by atoms with E-state index in [4.69, 9.17) is 11.6 Å². The van der Waals surface area contributed by atoms with Crippen LogP contribution in [0.4, 0.5) is 17.1 Å². The van der Waals surface area contributed by atoms with Gasteiger partial charge in [-0.3, -0.25) is 4.79 Å². The number of halogens is 1. The van der Waals surface area contributed by atoms with E-state index in [9.17, 15) is 4.79 Å². The molecule has 3 rings (SSSR count). The molecule has 0 aromatic heterocycles. The van der Waals surface area contributed by atoms with Crippen LogP contribution in [0.15, 0.2) is 36.4 Å². The average Bonchev–Trinajstić information content (AvgIpc) is 2.55. The van der Waals surface area contributed by atoms with Crippen molar-refractivity contribution in [2.24, 2.45) is 0 Å². The lowest BCUT2D eigenvalue weighted by molar-refractivity contribution is -0.116. The van der Waals surface area contributed by atoms with Gasteiger partial charge in [0.2, 0.25) is 5.91 Å². The number of nitrogens with zero attached hydrogens (tertiary/aromatic N) is 1. The van der Waals surface area contributed by atoms with Gasteiger partial charge in [0, 0.05) is 24.2 Å². The number of carbonyl (C=O) groups is 1. The van der Waals surface area contributed by atoms with E-state index in [-0.39, 0.29) is 11.3 Å². The molecule has 2 N–H and O–H groups in total. The highest BCUT2D eigenvalue weighted by Crippen LogP contribution is 2.47. The second-order valence-electron chi connectivity index (χ2n) is 6.40. The zero-order valence-corrected chi connectivity index (χ0v) is 14.9. The Balaban J connectivity index is 1.90. The molecule has 0 fully saturated rings. The van der Waals surface area contributed by atoms with Gasteiger partial charge in [-0.15, -0.1) is 11.6 Å². The Morgan fingerprint density at radius 1 is 1.17 bits per heavy atom. The first-order valence-corrected chi connectivity index (χ1v) is 8.49. The van der Waals surface area contributed by atoms with Crippen LogP contribution in [-0.2, 0) is 4.79 Å². The minimum absolute atomic E-state index is 0.000558. The maximum absolute atomic E-state index is 12.2. The molecule has 4 nitrogen and oxygen atoms in total. The smallest absolute Gasteiger partial charge is 0.225 e. The Morgan fingerprint density at radius 2 is 1.83 bits per heavy atom. The Bertz CT molecular complexity index is 773. The number of nitrogens with one attached hydrogen (secondary N) is 2. The quantitative estimate of drug-likeness (QED) is 0.815. The van der Waals surface area contributed by atoms with Gasteiger partial charge in [-0.1, -0.05) is 30.3 Å². The van der Waals surface area contributed by atoms with Crippen molar-refractivity contribution in [3.63, 3.8) is 0 Å². The third-order valence-corrected chi connectivity index (χ3v) is 4.73. The van der Waals surface area contributed by atoms with Crippen LogP contribution in [0.5, 0.6) is 0 Å². The van der Waals surface area contributed by atoms with Crippen molar-refractivity contribution in [1.29, 1.82) is 0 Å². The Labute approximate surface area is 147 Å². The fourth-order valence-corrected chi connectivity index (χ4v) is 3.29. The number of alkyl halides is 1. The minimum Gasteiger partial charge on any atom is -0.353 e. The zero-order chi connectivity index (χ0) is 17.3. The Morgan fingerprint density at radius 3 is 2.54 bits per heavy atom. The first-order valence-electron chi connectivity index (χ1n) is 8.05. The summed E-state index contributed by atoms with van der Waals surface area (Å²) in [7, 11) is 3.91. The van der Waals surface area contributed by atoms with Crippen LogP contribution >= 0.6 is 11.6 Å². The summed E-state index contributed by atoms with van der Waals surface area (Å²) in [5.41, 5.74) is 5.88. The number of hydrogen-bond acceptors (Lipinski definition) is 3. The molecule has 1 unspecified atom stereocenters. The zero-order valence-electron chi connectivity index (χ0n) is 14.2. The molecule has 0 spiro atoms. The average molecular weight is 344 g/mol. The van der Waals surface area contributed by atoms with Crippen LogP contribution in [0.3, 0.4) is 0 Å². The van der Waals surface area contributed by atoms with E-state index < -0.39 is 0 Å². The highest BCUT2D eigenvalue weighted by Gasteiger charge is 2.26. The van der Waals surface area contributed by atoms with Crippen LogP contribution < -0.4 is 10.6 Å². The van der Waals surface area contributed by atoms with Gasteiger partial charge in [0.05, 0.1) is 16.8 Å². The van der Waals surface area contributed by atoms with E-state index in [1.807, 2.05) is 49.3 Å². The van der Waals surface area contributed by atoms with Gasteiger partial charge in [-0.25, -0.2) is 0 Å². The van der Waals surface area contributed by atoms with E-state index in [1.54, 1.807) is 0 Å². The molecular formula is C19H22ClN3O. The molecule has 5 heteroatoms. The fraction of sp³-hybridized carbons (Fsp3) is 0.316. The molecule has 0 radical (unpaired) electrons. The van der Waals surface area contributed by atoms with Gasteiger partial charge < -0.3 is 15.5 Å². The molecule has 0 saturated heterocycles. The predicted octanol–water partition coefficient (Wildman–Crippen LogP) is 4.27. The molecule has 1 heterocycles. The summed E-state index contributed by atoms with van der Waals surface area (Å²) in [5.74, 6) is 0.000558. The van der Waals surface area contributed by atoms with Crippen molar-refractivity contribution in [1.82, 2.24) is 4.90 Å². The van der Waals surface area contributed by atoms with Gasteiger partial charge in [-0.05, 0) is 38.2 Å². The third kappa shape index (κ3) is 3.25. The number of anilines is 3. The van der Waals surface area contributed by atoms with E-state index >= 15 is 0 Å². The molecule has 0 bridgehead atoms. The maximum Gasteiger partial charge on any atom is 0.225 e. The molecule has 24 heavy (non-hydrogen) atoms. The molecule has 0 saturated carbocycles. The molecule has 1 aliphatic rings. The van der Waals surface area contributed by atoms with Crippen LogP contribution in [0.25, 0.3) is 0 Å². The van der Waals surface area contributed by atoms with E-state index in [0.717, 1.165) is 33.8 Å². The van der Waals surface area contributed by atoms with Gasteiger partial charge in [-0.2, -0.15) is 0 Å². The second-order valence-corrected chi connectivity index (χ2v) is 6.83. The van der Waals surface area contributed by atoms with Crippen molar-refractivity contribution < 1.29 is 4.79 Å². The van der Waals surface area contributed by atoms with Crippen molar-refractivity contribution in [2.75, 3.05) is 31.3 Å². The summed E-state index contributed by atoms with van der Waals surface area (Å²) in [5, 5.41) is 6.25. The third-order valence-electron chi connectivity index (χ3n) is 4.26. The number of para-hydroxylation sites is 2. The molecule has 0 aliphatic carbocycles. The maximum atomic E-state index is 12.2. The topological polar surface area (TPSA) is 44.4 Å². The monoisotopic (exact) mass is 343 g/mol. The normalized spacial score (nSPS) is 15.5. The standard InChI is InChI=1S/C19H22ClN3O/c1-12-6-4-7-13-17(20)14-8-5-9-15(19(14)22-18(12)13)21-16(24)10-11-23(2)3/h4-9,17,22H,10-11H2,1-3H3,(H,21,24). The Kier molecular flexibility index (Phi) is 4.78. The summed E-state index contributed by atoms with van der Waals surface area (Å²) in [4.78, 5) is 14.2. The largest absolute Gasteiger partial charge is 0.353 e. The summed E-state index contributed by atoms with van der Waals surface area (Å²) in [6, 6.07) is 11.9. The van der Waals surface area contributed by atoms with Crippen molar-refractivity contribution >= 4 is 34.6 Å². The summed E-state index contributed by atoms with van der Waals surface area (Å²) < 4.78 is 0. The lowest BCUT2D eigenvalue weighted by Crippen LogP contribution is -2.22. The van der Waals surface area contributed by atoms with Gasteiger partial charge in [0.15, 0.2) is 0 Å². The van der Waals surface area contributed by atoms with Crippen LogP contribution in [0.2, 0.25) is 0 Å². The molecular weight excluding hydrogens is 322 g/mol. The Hall–Kier alpha value is -2.04. The van der Waals surface area contributed by atoms with Crippen molar-refractivity contribution in [3.05, 3.63) is 53.1 Å². The first-order chi connectivity index (χ1) is 11.5. The summed E-state index contributed by atoms with van der Waals surface area (Å²) in [6.45, 7) is 2.77. The highest BCUT2D eigenvalue weighted by molar-refractivity contribution is 6.24. The number of rotatable bonds is 4. The molecule has 2 aromatic rings. The fourth-order valence-electron chi connectivity index (χ4n) is 2.93. The summed E-state index contributed by atoms with van der Waals surface area (Å²) in [6.07, 6.45) is 0.455. The van der Waals surface area contributed by atoms with Gasteiger partial charge in [0.1, 0.15) is 0 Å². The molecule has 1 amide bonds. The molecule has 1 aliphatic heterocycles.